The zero-order chi connectivity index (χ0) is 14.7. The first-order valence-corrected chi connectivity index (χ1v) is 6.44. The van der Waals surface area contributed by atoms with Crippen LogP contribution in [0.15, 0.2) is 18.2 Å². The Morgan fingerprint density at radius 3 is 2.65 bits per heavy atom. The summed E-state index contributed by atoms with van der Waals surface area (Å²) in [6.45, 7) is 5.41. The molecular formula is C14H18N2O4. The molecule has 0 spiro atoms. The topological polar surface area (TPSA) is 67.9 Å². The quantitative estimate of drug-likeness (QED) is 0.908. The lowest BCUT2D eigenvalue weighted by molar-refractivity contribution is -0.134. The van der Waals surface area contributed by atoms with E-state index < -0.39 is 0 Å². The number of nitrogens with zero attached hydrogens (tertiary/aromatic N) is 1. The number of amides is 2. The molecule has 0 saturated carbocycles. The Hall–Kier alpha value is -2.24. The predicted molar refractivity (Wildman–Crippen MR) is 73.7 cm³/mol. The van der Waals surface area contributed by atoms with Crippen LogP contribution in [0, 0.1) is 0 Å². The summed E-state index contributed by atoms with van der Waals surface area (Å²) in [5.74, 6) is 0.902. The van der Waals surface area contributed by atoms with Crippen molar-refractivity contribution in [2.45, 2.75) is 26.8 Å². The number of hydrogen-bond acceptors (Lipinski definition) is 4. The van der Waals surface area contributed by atoms with Gasteiger partial charge in [0.15, 0.2) is 11.5 Å². The van der Waals surface area contributed by atoms with Gasteiger partial charge >= 0.3 is 0 Å². The second kappa shape index (κ2) is 5.81. The number of fused-ring (bicyclic) bond motifs is 1. The highest BCUT2D eigenvalue weighted by atomic mass is 16.7. The highest BCUT2D eigenvalue weighted by Gasteiger charge is 2.18. The average molecular weight is 278 g/mol. The number of carbonyl (C=O) groups excluding carboxylic acids is 2. The molecule has 1 aliphatic heterocycles. The van der Waals surface area contributed by atoms with E-state index in [-0.39, 0.29) is 31.2 Å². The van der Waals surface area contributed by atoms with Crippen molar-refractivity contribution in [2.75, 3.05) is 18.7 Å². The Morgan fingerprint density at radius 2 is 2.00 bits per heavy atom. The third-order valence-electron chi connectivity index (χ3n) is 3.00. The Morgan fingerprint density at radius 1 is 1.30 bits per heavy atom. The van der Waals surface area contributed by atoms with E-state index in [2.05, 4.69) is 5.32 Å². The molecule has 0 fully saturated rings. The van der Waals surface area contributed by atoms with Crippen molar-refractivity contribution in [1.82, 2.24) is 4.90 Å². The number of benzene rings is 1. The van der Waals surface area contributed by atoms with Gasteiger partial charge in [-0.3, -0.25) is 9.59 Å². The van der Waals surface area contributed by atoms with Crippen LogP contribution in [0.4, 0.5) is 5.69 Å². The number of anilines is 1. The lowest BCUT2D eigenvalue weighted by Crippen LogP contribution is -2.41. The SMILES string of the molecule is CC(=O)N(CC(=O)Nc1ccc2c(c1)OCO2)C(C)C. The molecule has 0 atom stereocenters. The fourth-order valence-electron chi connectivity index (χ4n) is 1.99. The van der Waals surface area contributed by atoms with Gasteiger partial charge in [-0.05, 0) is 26.0 Å². The molecule has 1 heterocycles. The molecule has 1 aliphatic rings. The molecule has 1 N–H and O–H groups in total. The van der Waals surface area contributed by atoms with E-state index in [1.807, 2.05) is 13.8 Å². The van der Waals surface area contributed by atoms with Gasteiger partial charge < -0.3 is 19.7 Å². The number of rotatable bonds is 4. The van der Waals surface area contributed by atoms with Crippen molar-refractivity contribution < 1.29 is 19.1 Å². The smallest absolute Gasteiger partial charge is 0.244 e. The fourth-order valence-corrected chi connectivity index (χ4v) is 1.99. The van der Waals surface area contributed by atoms with Gasteiger partial charge in [-0.2, -0.15) is 0 Å². The van der Waals surface area contributed by atoms with Gasteiger partial charge in [0.25, 0.3) is 0 Å². The molecule has 0 bridgehead atoms. The van der Waals surface area contributed by atoms with Crippen LogP contribution in [0.1, 0.15) is 20.8 Å². The number of ether oxygens (including phenoxy) is 2. The van der Waals surface area contributed by atoms with E-state index in [0.29, 0.717) is 17.2 Å². The minimum Gasteiger partial charge on any atom is -0.454 e. The van der Waals surface area contributed by atoms with E-state index >= 15 is 0 Å². The molecule has 20 heavy (non-hydrogen) atoms. The van der Waals surface area contributed by atoms with Crippen molar-refractivity contribution in [3.05, 3.63) is 18.2 Å². The van der Waals surface area contributed by atoms with Crippen LogP contribution < -0.4 is 14.8 Å². The van der Waals surface area contributed by atoms with Crippen molar-refractivity contribution in [3.8, 4) is 11.5 Å². The first kappa shape index (κ1) is 14.2. The maximum absolute atomic E-state index is 12.0. The van der Waals surface area contributed by atoms with Crippen LogP contribution >= 0.6 is 0 Å². The van der Waals surface area contributed by atoms with Gasteiger partial charge in [0, 0.05) is 24.7 Å². The molecule has 1 aromatic rings. The summed E-state index contributed by atoms with van der Waals surface area (Å²) in [6, 6.07) is 5.16. The molecule has 6 heteroatoms. The summed E-state index contributed by atoms with van der Waals surface area (Å²) >= 11 is 0. The van der Waals surface area contributed by atoms with Gasteiger partial charge in [0.2, 0.25) is 18.6 Å². The Bertz CT molecular complexity index is 528. The first-order chi connectivity index (χ1) is 9.47. The molecular weight excluding hydrogens is 260 g/mol. The lowest BCUT2D eigenvalue weighted by atomic mass is 10.2. The normalized spacial score (nSPS) is 12.4. The van der Waals surface area contributed by atoms with Crippen LogP contribution in [0.5, 0.6) is 11.5 Å². The van der Waals surface area contributed by atoms with Gasteiger partial charge in [0.1, 0.15) is 6.54 Å². The zero-order valence-electron chi connectivity index (χ0n) is 11.8. The molecule has 0 radical (unpaired) electrons. The van der Waals surface area contributed by atoms with Crippen LogP contribution in [0.2, 0.25) is 0 Å². The van der Waals surface area contributed by atoms with E-state index in [1.165, 1.54) is 11.8 Å². The van der Waals surface area contributed by atoms with Crippen LogP contribution in [-0.2, 0) is 9.59 Å². The summed E-state index contributed by atoms with van der Waals surface area (Å²) in [5.41, 5.74) is 0.617. The second-order valence-corrected chi connectivity index (χ2v) is 4.86. The molecule has 6 nitrogen and oxygen atoms in total. The second-order valence-electron chi connectivity index (χ2n) is 4.86. The van der Waals surface area contributed by atoms with Gasteiger partial charge in [-0.1, -0.05) is 0 Å². The van der Waals surface area contributed by atoms with Gasteiger partial charge in [-0.25, -0.2) is 0 Å². The van der Waals surface area contributed by atoms with Crippen LogP contribution in [0.3, 0.4) is 0 Å². The van der Waals surface area contributed by atoms with Crippen molar-refractivity contribution >= 4 is 17.5 Å². The Labute approximate surface area is 117 Å². The lowest BCUT2D eigenvalue weighted by Gasteiger charge is -2.24. The zero-order valence-corrected chi connectivity index (χ0v) is 11.8. The minimum absolute atomic E-state index is 0.0185. The maximum atomic E-state index is 12.0. The van der Waals surface area contributed by atoms with Crippen molar-refractivity contribution in [1.29, 1.82) is 0 Å². The fraction of sp³-hybridized carbons (Fsp3) is 0.429. The van der Waals surface area contributed by atoms with Crippen LogP contribution in [-0.4, -0.2) is 36.1 Å². The number of hydrogen-bond donors (Lipinski definition) is 1. The van der Waals surface area contributed by atoms with Crippen molar-refractivity contribution in [2.24, 2.45) is 0 Å². The van der Waals surface area contributed by atoms with Gasteiger partial charge in [-0.15, -0.1) is 0 Å². The van der Waals surface area contributed by atoms with E-state index in [9.17, 15) is 9.59 Å². The highest BCUT2D eigenvalue weighted by Crippen LogP contribution is 2.34. The molecule has 2 amide bonds. The number of carbonyl (C=O) groups is 2. The van der Waals surface area contributed by atoms with E-state index in [4.69, 9.17) is 9.47 Å². The summed E-state index contributed by atoms with van der Waals surface area (Å²) in [5, 5.41) is 2.74. The molecule has 1 aromatic carbocycles. The maximum Gasteiger partial charge on any atom is 0.244 e. The monoisotopic (exact) mass is 278 g/mol. The Kier molecular flexibility index (Phi) is 4.12. The third-order valence-corrected chi connectivity index (χ3v) is 3.00. The Balaban J connectivity index is 1.99. The molecule has 0 unspecified atom stereocenters. The van der Waals surface area contributed by atoms with E-state index in [1.54, 1.807) is 18.2 Å². The average Bonchev–Trinajstić information content (AvgIpc) is 2.82. The summed E-state index contributed by atoms with van der Waals surface area (Å²) in [4.78, 5) is 24.9. The molecule has 108 valence electrons. The molecule has 2 rings (SSSR count). The minimum atomic E-state index is -0.243. The molecule has 0 aromatic heterocycles. The standard InChI is InChI=1S/C14H18N2O4/c1-9(2)16(10(3)17)7-14(18)15-11-4-5-12-13(6-11)20-8-19-12/h4-6,9H,7-8H2,1-3H3,(H,15,18). The largest absolute Gasteiger partial charge is 0.454 e. The predicted octanol–water partition coefficient (Wildman–Crippen LogP) is 1.61. The van der Waals surface area contributed by atoms with Crippen LogP contribution in [0.25, 0.3) is 0 Å². The summed E-state index contributed by atoms with van der Waals surface area (Å²) in [7, 11) is 0. The summed E-state index contributed by atoms with van der Waals surface area (Å²) < 4.78 is 10.4. The third kappa shape index (κ3) is 3.20. The first-order valence-electron chi connectivity index (χ1n) is 6.44. The summed E-state index contributed by atoms with van der Waals surface area (Å²) in [6.07, 6.45) is 0. The van der Waals surface area contributed by atoms with Crippen molar-refractivity contribution in [3.63, 3.8) is 0 Å². The van der Waals surface area contributed by atoms with Gasteiger partial charge in [0.05, 0.1) is 0 Å². The number of nitrogens with one attached hydrogen (secondary N) is 1. The van der Waals surface area contributed by atoms with E-state index in [0.717, 1.165) is 0 Å². The molecule has 0 saturated heterocycles. The highest BCUT2D eigenvalue weighted by molar-refractivity contribution is 5.94. The molecule has 0 aliphatic carbocycles.